The molecule has 21 heavy (non-hydrogen) atoms. The molecule has 0 fully saturated rings. The van der Waals surface area contributed by atoms with Crippen molar-refractivity contribution in [3.8, 4) is 0 Å². The summed E-state index contributed by atoms with van der Waals surface area (Å²) in [5, 5.41) is 10.9. The van der Waals surface area contributed by atoms with Crippen molar-refractivity contribution in [2.24, 2.45) is 0 Å². The molecule has 0 heterocycles. The maximum Gasteiger partial charge on any atom is 0.0907 e. The van der Waals surface area contributed by atoms with Crippen LogP contribution in [-0.2, 0) is 5.60 Å². The zero-order valence-electron chi connectivity index (χ0n) is 13.5. The molecule has 1 N–H and O–H groups in total. The fraction of sp³-hybridized carbons (Fsp3) is 0.684. The van der Waals surface area contributed by atoms with E-state index in [-0.39, 0.29) is 0 Å². The molecular weight excluding hydrogens is 280 g/mol. The van der Waals surface area contributed by atoms with E-state index < -0.39 is 5.60 Å². The number of rotatable bonds is 12. The minimum Gasteiger partial charge on any atom is -0.385 e. The molecule has 1 aromatic rings. The van der Waals surface area contributed by atoms with E-state index in [1.54, 1.807) is 0 Å². The fourth-order valence-corrected chi connectivity index (χ4v) is 3.18. The summed E-state index contributed by atoms with van der Waals surface area (Å²) in [5.41, 5.74) is 0.263. The quantitative estimate of drug-likeness (QED) is 0.369. The molecule has 0 saturated heterocycles. The van der Waals surface area contributed by atoms with E-state index >= 15 is 0 Å². The van der Waals surface area contributed by atoms with Crippen molar-refractivity contribution >= 4 is 11.6 Å². The van der Waals surface area contributed by atoms with Crippen LogP contribution in [0.15, 0.2) is 30.3 Å². The molecule has 0 aromatic heterocycles. The summed E-state index contributed by atoms with van der Waals surface area (Å²) >= 11 is 5.89. The highest BCUT2D eigenvalue weighted by atomic mass is 35.5. The summed E-state index contributed by atoms with van der Waals surface area (Å²) in [6.45, 7) is 2.25. The minimum absolute atomic E-state index is 0.502. The molecular formula is C19H31ClO. The lowest BCUT2D eigenvalue weighted by atomic mass is 9.86. The number of halogens is 1. The van der Waals surface area contributed by atoms with Gasteiger partial charge in [-0.05, 0) is 18.4 Å². The van der Waals surface area contributed by atoms with Gasteiger partial charge in [-0.3, -0.25) is 0 Å². The first-order valence-electron chi connectivity index (χ1n) is 8.57. The minimum atomic E-state index is -0.745. The van der Waals surface area contributed by atoms with E-state index in [2.05, 4.69) is 6.92 Å². The van der Waals surface area contributed by atoms with Crippen molar-refractivity contribution < 1.29 is 5.11 Å². The van der Waals surface area contributed by atoms with Gasteiger partial charge in [0.2, 0.25) is 0 Å². The van der Waals surface area contributed by atoms with Crippen molar-refractivity contribution in [2.45, 2.75) is 76.7 Å². The van der Waals surface area contributed by atoms with Crippen LogP contribution in [0.1, 0.15) is 76.7 Å². The molecule has 2 heteroatoms. The van der Waals surface area contributed by atoms with Crippen molar-refractivity contribution in [1.29, 1.82) is 0 Å². The van der Waals surface area contributed by atoms with Crippen LogP contribution in [0.5, 0.6) is 0 Å². The Bertz CT molecular complexity index is 352. The second kappa shape index (κ2) is 11.1. The van der Waals surface area contributed by atoms with Crippen LogP contribution in [-0.4, -0.2) is 11.0 Å². The second-order valence-electron chi connectivity index (χ2n) is 6.06. The number of alkyl halides is 1. The smallest absolute Gasteiger partial charge is 0.0907 e. The van der Waals surface area contributed by atoms with Crippen LogP contribution < -0.4 is 0 Å². The van der Waals surface area contributed by atoms with E-state index in [1.807, 2.05) is 30.3 Å². The van der Waals surface area contributed by atoms with Gasteiger partial charge in [0.15, 0.2) is 0 Å². The SMILES string of the molecule is CCCCCCCCCCC(O)(CCCl)c1ccccc1. The molecule has 1 nitrogen and oxygen atoms in total. The topological polar surface area (TPSA) is 20.2 Å². The van der Waals surface area contributed by atoms with Crippen molar-refractivity contribution in [2.75, 3.05) is 5.88 Å². The third kappa shape index (κ3) is 7.33. The van der Waals surface area contributed by atoms with Gasteiger partial charge in [0.25, 0.3) is 0 Å². The van der Waals surface area contributed by atoms with E-state index in [4.69, 9.17) is 11.6 Å². The fourth-order valence-electron chi connectivity index (χ4n) is 2.87. The number of hydrogen-bond acceptors (Lipinski definition) is 1. The highest BCUT2D eigenvalue weighted by molar-refractivity contribution is 6.17. The Hall–Kier alpha value is -0.530. The summed E-state index contributed by atoms with van der Waals surface area (Å²) in [5.74, 6) is 0.502. The lowest BCUT2D eigenvalue weighted by Gasteiger charge is -2.28. The first-order valence-corrected chi connectivity index (χ1v) is 9.10. The predicted octanol–water partition coefficient (Wildman–Crippen LogP) is 6.03. The molecule has 1 rings (SSSR count). The lowest BCUT2D eigenvalue weighted by molar-refractivity contribution is 0.0216. The van der Waals surface area contributed by atoms with Crippen molar-refractivity contribution in [3.63, 3.8) is 0 Å². The molecule has 0 bridgehead atoms. The van der Waals surface area contributed by atoms with E-state index in [9.17, 15) is 5.11 Å². The van der Waals surface area contributed by atoms with E-state index in [1.165, 1.54) is 44.9 Å². The summed E-state index contributed by atoms with van der Waals surface area (Å²) in [6, 6.07) is 9.99. The second-order valence-corrected chi connectivity index (χ2v) is 6.44. The maximum atomic E-state index is 10.9. The number of aliphatic hydroxyl groups is 1. The molecule has 1 unspecified atom stereocenters. The third-order valence-electron chi connectivity index (χ3n) is 4.26. The summed E-state index contributed by atoms with van der Waals surface area (Å²) < 4.78 is 0. The van der Waals surface area contributed by atoms with Crippen molar-refractivity contribution in [1.82, 2.24) is 0 Å². The molecule has 1 aromatic carbocycles. The standard InChI is InChI=1S/C19H31ClO/c1-2-3-4-5-6-7-8-12-15-19(21,16-17-20)18-13-10-9-11-14-18/h9-11,13-14,21H,2-8,12,15-17H2,1H3. The van der Waals surface area contributed by atoms with Crippen LogP contribution in [0.4, 0.5) is 0 Å². The number of hydrogen-bond donors (Lipinski definition) is 1. The summed E-state index contributed by atoms with van der Waals surface area (Å²) in [7, 11) is 0. The van der Waals surface area contributed by atoms with E-state index in [0.29, 0.717) is 12.3 Å². The van der Waals surface area contributed by atoms with Gasteiger partial charge in [-0.25, -0.2) is 0 Å². The Morgan fingerprint density at radius 2 is 1.43 bits per heavy atom. The normalized spacial score (nSPS) is 14.0. The highest BCUT2D eigenvalue weighted by Crippen LogP contribution is 2.31. The maximum absolute atomic E-state index is 10.9. The molecule has 0 aliphatic carbocycles. The first kappa shape index (κ1) is 18.5. The number of benzene rings is 1. The van der Waals surface area contributed by atoms with Gasteiger partial charge >= 0.3 is 0 Å². The van der Waals surface area contributed by atoms with Crippen LogP contribution in [0.25, 0.3) is 0 Å². The van der Waals surface area contributed by atoms with Gasteiger partial charge in [-0.15, -0.1) is 11.6 Å². The molecule has 0 amide bonds. The summed E-state index contributed by atoms with van der Waals surface area (Å²) in [4.78, 5) is 0. The average Bonchev–Trinajstić information content (AvgIpc) is 2.51. The number of unbranched alkanes of at least 4 members (excludes halogenated alkanes) is 7. The molecule has 0 radical (unpaired) electrons. The predicted molar refractivity (Wildman–Crippen MR) is 92.9 cm³/mol. The van der Waals surface area contributed by atoms with Gasteiger partial charge in [0, 0.05) is 5.88 Å². The van der Waals surface area contributed by atoms with Gasteiger partial charge in [0.05, 0.1) is 5.60 Å². The molecule has 0 aliphatic heterocycles. The average molecular weight is 311 g/mol. The van der Waals surface area contributed by atoms with E-state index in [0.717, 1.165) is 18.4 Å². The Morgan fingerprint density at radius 3 is 2.00 bits per heavy atom. The Labute approximate surface area is 135 Å². The van der Waals surface area contributed by atoms with Gasteiger partial charge in [-0.1, -0.05) is 88.6 Å². The Morgan fingerprint density at radius 1 is 0.857 bits per heavy atom. The van der Waals surface area contributed by atoms with Crippen LogP contribution >= 0.6 is 11.6 Å². The van der Waals surface area contributed by atoms with Crippen LogP contribution in [0, 0.1) is 0 Å². The van der Waals surface area contributed by atoms with Crippen molar-refractivity contribution in [3.05, 3.63) is 35.9 Å². The van der Waals surface area contributed by atoms with Gasteiger partial charge < -0.3 is 5.11 Å². The molecule has 1 atom stereocenters. The lowest BCUT2D eigenvalue weighted by Crippen LogP contribution is -2.26. The highest BCUT2D eigenvalue weighted by Gasteiger charge is 2.27. The zero-order chi connectivity index (χ0) is 15.4. The molecule has 120 valence electrons. The first-order chi connectivity index (χ1) is 10.2. The Balaban J connectivity index is 2.29. The molecule has 0 saturated carbocycles. The Kier molecular flexibility index (Phi) is 9.78. The third-order valence-corrected chi connectivity index (χ3v) is 4.45. The monoisotopic (exact) mass is 310 g/mol. The largest absolute Gasteiger partial charge is 0.385 e. The zero-order valence-corrected chi connectivity index (χ0v) is 14.2. The molecule has 0 spiro atoms. The van der Waals surface area contributed by atoms with Gasteiger partial charge in [-0.2, -0.15) is 0 Å². The van der Waals surface area contributed by atoms with Crippen LogP contribution in [0.3, 0.4) is 0 Å². The molecule has 0 aliphatic rings. The summed E-state index contributed by atoms with van der Waals surface area (Å²) in [6.07, 6.45) is 11.8. The van der Waals surface area contributed by atoms with Gasteiger partial charge in [0.1, 0.15) is 0 Å². The van der Waals surface area contributed by atoms with Crippen LogP contribution in [0.2, 0.25) is 0 Å².